The van der Waals surface area contributed by atoms with E-state index >= 15 is 0 Å². The van der Waals surface area contributed by atoms with Crippen LogP contribution in [0.4, 0.5) is 0 Å². The smallest absolute Gasteiger partial charge is 0.0294 e. The molecule has 1 nitrogen and oxygen atoms in total. The van der Waals surface area contributed by atoms with Crippen LogP contribution in [-0.2, 0) is 5.41 Å². The highest BCUT2D eigenvalue weighted by atomic mass is 14.9. The molecule has 0 spiro atoms. The second-order valence-corrected chi connectivity index (χ2v) is 5.12. The van der Waals surface area contributed by atoms with Crippen LogP contribution in [0.5, 0.6) is 0 Å². The van der Waals surface area contributed by atoms with Crippen molar-refractivity contribution in [2.75, 3.05) is 6.54 Å². The van der Waals surface area contributed by atoms with Gasteiger partial charge in [0.2, 0.25) is 0 Å². The summed E-state index contributed by atoms with van der Waals surface area (Å²) in [7, 11) is 0. The average Bonchev–Trinajstić information content (AvgIpc) is 2.17. The summed E-state index contributed by atoms with van der Waals surface area (Å²) >= 11 is 0. The molecule has 1 heteroatoms. The zero-order valence-electron chi connectivity index (χ0n) is 10.6. The standard InChI is InChI=1S/C14H23N/c1-6-15-11(2)12-9-7-8-10-13(12)14(3,4)5/h7-11,15H,6H2,1-5H3. The SMILES string of the molecule is CCNC(C)c1ccccc1C(C)(C)C. The van der Waals surface area contributed by atoms with E-state index in [1.165, 1.54) is 11.1 Å². The van der Waals surface area contributed by atoms with Crippen molar-refractivity contribution in [3.63, 3.8) is 0 Å². The quantitative estimate of drug-likeness (QED) is 0.794. The highest BCUT2D eigenvalue weighted by Crippen LogP contribution is 2.29. The van der Waals surface area contributed by atoms with Crippen LogP contribution >= 0.6 is 0 Å². The lowest BCUT2D eigenvalue weighted by Crippen LogP contribution is -2.22. The minimum atomic E-state index is 0.222. The predicted octanol–water partition coefficient (Wildman–Crippen LogP) is 3.65. The molecule has 0 aromatic heterocycles. The maximum absolute atomic E-state index is 3.47. The number of rotatable bonds is 3. The molecule has 0 fully saturated rings. The number of nitrogens with one attached hydrogen (secondary N) is 1. The second kappa shape index (κ2) is 4.80. The monoisotopic (exact) mass is 205 g/mol. The molecule has 0 amide bonds. The lowest BCUT2D eigenvalue weighted by atomic mass is 9.82. The van der Waals surface area contributed by atoms with Gasteiger partial charge in [0, 0.05) is 6.04 Å². The van der Waals surface area contributed by atoms with Gasteiger partial charge in [0.15, 0.2) is 0 Å². The van der Waals surface area contributed by atoms with Crippen LogP contribution in [0, 0.1) is 0 Å². The predicted molar refractivity (Wildman–Crippen MR) is 67.2 cm³/mol. The summed E-state index contributed by atoms with van der Waals surface area (Å²) in [6, 6.07) is 9.16. The van der Waals surface area contributed by atoms with Crippen molar-refractivity contribution in [3.05, 3.63) is 35.4 Å². The summed E-state index contributed by atoms with van der Waals surface area (Å²) in [5, 5.41) is 3.47. The molecule has 1 atom stereocenters. The lowest BCUT2D eigenvalue weighted by Gasteiger charge is -2.26. The maximum atomic E-state index is 3.47. The number of hydrogen-bond donors (Lipinski definition) is 1. The van der Waals surface area contributed by atoms with Gasteiger partial charge in [-0.2, -0.15) is 0 Å². The van der Waals surface area contributed by atoms with E-state index in [1.54, 1.807) is 0 Å². The van der Waals surface area contributed by atoms with Crippen molar-refractivity contribution < 1.29 is 0 Å². The van der Waals surface area contributed by atoms with E-state index in [4.69, 9.17) is 0 Å². The van der Waals surface area contributed by atoms with Crippen LogP contribution in [0.25, 0.3) is 0 Å². The third kappa shape index (κ3) is 3.07. The largest absolute Gasteiger partial charge is 0.310 e. The molecular weight excluding hydrogens is 182 g/mol. The Balaban J connectivity index is 3.06. The molecular formula is C14H23N. The zero-order valence-corrected chi connectivity index (χ0v) is 10.6. The Kier molecular flexibility index (Phi) is 3.92. The number of benzene rings is 1. The molecule has 1 rings (SSSR count). The maximum Gasteiger partial charge on any atom is 0.0294 e. The molecule has 84 valence electrons. The molecule has 1 aromatic carbocycles. The van der Waals surface area contributed by atoms with E-state index in [-0.39, 0.29) is 5.41 Å². The minimum absolute atomic E-state index is 0.222. The van der Waals surface area contributed by atoms with Gasteiger partial charge >= 0.3 is 0 Å². The van der Waals surface area contributed by atoms with E-state index in [0.29, 0.717) is 6.04 Å². The van der Waals surface area contributed by atoms with Gasteiger partial charge < -0.3 is 5.32 Å². The Labute approximate surface area is 93.9 Å². The van der Waals surface area contributed by atoms with Crippen molar-refractivity contribution in [2.45, 2.75) is 46.1 Å². The molecule has 0 aliphatic rings. The van der Waals surface area contributed by atoms with Crippen molar-refractivity contribution in [2.24, 2.45) is 0 Å². The fourth-order valence-corrected chi connectivity index (χ4v) is 1.97. The first-order valence-electron chi connectivity index (χ1n) is 5.79. The topological polar surface area (TPSA) is 12.0 Å². The summed E-state index contributed by atoms with van der Waals surface area (Å²) in [4.78, 5) is 0. The van der Waals surface area contributed by atoms with E-state index in [2.05, 4.69) is 64.2 Å². The molecule has 0 aliphatic carbocycles. The van der Waals surface area contributed by atoms with E-state index < -0.39 is 0 Å². The van der Waals surface area contributed by atoms with Gasteiger partial charge in [0.05, 0.1) is 0 Å². The van der Waals surface area contributed by atoms with Gasteiger partial charge in [-0.05, 0) is 30.0 Å². The molecule has 0 aliphatic heterocycles. The van der Waals surface area contributed by atoms with Gasteiger partial charge in [0.1, 0.15) is 0 Å². The normalized spacial score (nSPS) is 13.9. The molecule has 0 radical (unpaired) electrons. The van der Waals surface area contributed by atoms with E-state index in [0.717, 1.165) is 6.54 Å². The first kappa shape index (κ1) is 12.3. The average molecular weight is 205 g/mol. The molecule has 1 N–H and O–H groups in total. The van der Waals surface area contributed by atoms with E-state index in [1.807, 2.05) is 0 Å². The Morgan fingerprint density at radius 3 is 2.33 bits per heavy atom. The third-order valence-corrected chi connectivity index (χ3v) is 2.75. The first-order chi connectivity index (χ1) is 6.96. The molecule has 1 aromatic rings. The summed E-state index contributed by atoms with van der Waals surface area (Å²) in [6.07, 6.45) is 0. The fourth-order valence-electron chi connectivity index (χ4n) is 1.97. The van der Waals surface area contributed by atoms with Gasteiger partial charge in [-0.1, -0.05) is 52.0 Å². The number of hydrogen-bond acceptors (Lipinski definition) is 1. The van der Waals surface area contributed by atoms with Crippen molar-refractivity contribution in [1.82, 2.24) is 5.32 Å². The zero-order chi connectivity index (χ0) is 11.5. The van der Waals surface area contributed by atoms with Gasteiger partial charge in [-0.15, -0.1) is 0 Å². The van der Waals surface area contributed by atoms with Gasteiger partial charge in [-0.25, -0.2) is 0 Å². The van der Waals surface area contributed by atoms with Crippen LogP contribution in [-0.4, -0.2) is 6.54 Å². The molecule has 0 bridgehead atoms. The molecule has 15 heavy (non-hydrogen) atoms. The second-order valence-electron chi connectivity index (χ2n) is 5.12. The summed E-state index contributed by atoms with van der Waals surface area (Å²) in [6.45, 7) is 12.2. The minimum Gasteiger partial charge on any atom is -0.310 e. The van der Waals surface area contributed by atoms with Crippen LogP contribution < -0.4 is 5.32 Å². The fraction of sp³-hybridized carbons (Fsp3) is 0.571. The van der Waals surface area contributed by atoms with Crippen LogP contribution in [0.15, 0.2) is 24.3 Å². The molecule has 0 saturated carbocycles. The Morgan fingerprint density at radius 2 is 1.80 bits per heavy atom. The van der Waals surface area contributed by atoms with Crippen molar-refractivity contribution in [1.29, 1.82) is 0 Å². The summed E-state index contributed by atoms with van der Waals surface area (Å²) < 4.78 is 0. The van der Waals surface area contributed by atoms with Crippen molar-refractivity contribution >= 4 is 0 Å². The van der Waals surface area contributed by atoms with Crippen LogP contribution in [0.1, 0.15) is 51.8 Å². The van der Waals surface area contributed by atoms with Gasteiger partial charge in [-0.3, -0.25) is 0 Å². The first-order valence-corrected chi connectivity index (χ1v) is 5.79. The molecule has 1 unspecified atom stereocenters. The van der Waals surface area contributed by atoms with Gasteiger partial charge in [0.25, 0.3) is 0 Å². The third-order valence-electron chi connectivity index (χ3n) is 2.75. The lowest BCUT2D eigenvalue weighted by molar-refractivity contribution is 0.544. The highest BCUT2D eigenvalue weighted by molar-refractivity contribution is 5.34. The van der Waals surface area contributed by atoms with Crippen LogP contribution in [0.2, 0.25) is 0 Å². The van der Waals surface area contributed by atoms with E-state index in [9.17, 15) is 0 Å². The van der Waals surface area contributed by atoms with Crippen molar-refractivity contribution in [3.8, 4) is 0 Å². The molecule has 0 saturated heterocycles. The van der Waals surface area contributed by atoms with Crippen LogP contribution in [0.3, 0.4) is 0 Å². The highest BCUT2D eigenvalue weighted by Gasteiger charge is 2.19. The Hall–Kier alpha value is -0.820. The Morgan fingerprint density at radius 1 is 1.20 bits per heavy atom. The molecule has 0 heterocycles. The summed E-state index contributed by atoms with van der Waals surface area (Å²) in [5.41, 5.74) is 3.09. The summed E-state index contributed by atoms with van der Waals surface area (Å²) in [5.74, 6) is 0. The Bertz CT molecular complexity index is 309.